The van der Waals surface area contributed by atoms with Gasteiger partial charge in [-0.2, -0.15) is 0 Å². The molecule has 0 spiro atoms. The molecule has 0 fully saturated rings. The highest BCUT2D eigenvalue weighted by Crippen LogP contribution is 2.33. The number of nitrogens with one attached hydrogen (secondary N) is 1. The molecule has 160 valence electrons. The Morgan fingerprint density at radius 3 is 2.23 bits per heavy atom. The molecular formula is C23H28N2O4S. The molecule has 1 heterocycles. The molecule has 0 atom stereocenters. The fraction of sp³-hybridized carbons (Fsp3) is 0.348. The van der Waals surface area contributed by atoms with Gasteiger partial charge in [0.15, 0.2) is 0 Å². The smallest absolute Gasteiger partial charge is 0.348 e. The van der Waals surface area contributed by atoms with Crippen molar-refractivity contribution in [2.75, 3.05) is 5.32 Å². The molecule has 1 aromatic carbocycles. The highest BCUT2D eigenvalue weighted by atomic mass is 32.1. The van der Waals surface area contributed by atoms with E-state index in [1.54, 1.807) is 26.8 Å². The van der Waals surface area contributed by atoms with Crippen molar-refractivity contribution in [3.63, 3.8) is 0 Å². The van der Waals surface area contributed by atoms with E-state index in [4.69, 9.17) is 10.5 Å². The number of ether oxygens (including phenoxy) is 1. The molecule has 0 unspecified atom stereocenters. The van der Waals surface area contributed by atoms with Gasteiger partial charge < -0.3 is 15.8 Å². The second-order valence-electron chi connectivity index (χ2n) is 8.27. The van der Waals surface area contributed by atoms with Gasteiger partial charge in [-0.1, -0.05) is 45.0 Å². The fourth-order valence-electron chi connectivity index (χ4n) is 2.78. The van der Waals surface area contributed by atoms with Crippen molar-refractivity contribution in [1.29, 1.82) is 0 Å². The number of primary amides is 1. The lowest BCUT2D eigenvalue weighted by Crippen LogP contribution is -2.16. The summed E-state index contributed by atoms with van der Waals surface area (Å²) in [4.78, 5) is 36.8. The minimum absolute atomic E-state index is 0.0518. The number of thiophene rings is 1. The SMILES string of the molecule is Cc1c(C(=O)OC(C)C)sc(NC(=O)C=Cc2ccc(C(C)(C)C)cc2)c1C(N)=O. The predicted molar refractivity (Wildman–Crippen MR) is 121 cm³/mol. The average Bonchev–Trinajstić information content (AvgIpc) is 2.95. The van der Waals surface area contributed by atoms with Crippen LogP contribution in [0.1, 0.15) is 71.3 Å². The summed E-state index contributed by atoms with van der Waals surface area (Å²) >= 11 is 0.978. The van der Waals surface area contributed by atoms with E-state index < -0.39 is 17.8 Å². The van der Waals surface area contributed by atoms with E-state index in [0.29, 0.717) is 5.56 Å². The zero-order chi connectivity index (χ0) is 22.6. The summed E-state index contributed by atoms with van der Waals surface area (Å²) < 4.78 is 5.20. The van der Waals surface area contributed by atoms with Crippen molar-refractivity contribution in [3.8, 4) is 0 Å². The molecule has 3 N–H and O–H groups in total. The van der Waals surface area contributed by atoms with Crippen LogP contribution in [0.4, 0.5) is 5.00 Å². The third kappa shape index (κ3) is 5.79. The average molecular weight is 429 g/mol. The first kappa shape index (κ1) is 23.3. The number of esters is 1. The molecule has 0 saturated heterocycles. The highest BCUT2D eigenvalue weighted by molar-refractivity contribution is 7.18. The highest BCUT2D eigenvalue weighted by Gasteiger charge is 2.25. The van der Waals surface area contributed by atoms with Crippen LogP contribution in [-0.2, 0) is 14.9 Å². The van der Waals surface area contributed by atoms with Crippen LogP contribution < -0.4 is 11.1 Å². The van der Waals surface area contributed by atoms with Gasteiger partial charge in [0.05, 0.1) is 11.7 Å². The molecule has 0 radical (unpaired) electrons. The molecule has 2 rings (SSSR count). The molecule has 30 heavy (non-hydrogen) atoms. The van der Waals surface area contributed by atoms with Crippen LogP contribution in [0.5, 0.6) is 0 Å². The minimum atomic E-state index is -0.718. The monoisotopic (exact) mass is 428 g/mol. The number of benzene rings is 1. The van der Waals surface area contributed by atoms with Crippen LogP contribution in [0.15, 0.2) is 30.3 Å². The molecule has 0 saturated carbocycles. The van der Waals surface area contributed by atoms with E-state index in [-0.39, 0.29) is 27.0 Å². The van der Waals surface area contributed by atoms with Crippen molar-refractivity contribution in [3.05, 3.63) is 57.5 Å². The van der Waals surface area contributed by atoms with E-state index in [9.17, 15) is 14.4 Å². The van der Waals surface area contributed by atoms with Crippen LogP contribution in [-0.4, -0.2) is 23.9 Å². The topological polar surface area (TPSA) is 98.5 Å². The zero-order valence-electron chi connectivity index (χ0n) is 18.2. The number of nitrogens with two attached hydrogens (primary N) is 1. The van der Waals surface area contributed by atoms with Gasteiger partial charge in [0.1, 0.15) is 9.88 Å². The standard InChI is InChI=1S/C23H28N2O4S/c1-13(2)29-22(28)19-14(3)18(20(24)27)21(30-19)25-17(26)12-9-15-7-10-16(11-8-15)23(4,5)6/h7-13H,1-6H3,(H2,24,27)(H,25,26). The maximum absolute atomic E-state index is 12.4. The third-order valence-electron chi connectivity index (χ3n) is 4.36. The van der Waals surface area contributed by atoms with Crippen LogP contribution in [0.25, 0.3) is 6.08 Å². The van der Waals surface area contributed by atoms with E-state index in [2.05, 4.69) is 26.1 Å². The number of carbonyl (C=O) groups excluding carboxylic acids is 3. The first-order valence-electron chi connectivity index (χ1n) is 9.64. The van der Waals surface area contributed by atoms with Crippen LogP contribution in [0.3, 0.4) is 0 Å². The summed E-state index contributed by atoms with van der Waals surface area (Å²) in [5, 5.41) is 2.88. The number of amides is 2. The second kappa shape index (κ2) is 9.26. The van der Waals surface area contributed by atoms with Gasteiger partial charge in [-0.3, -0.25) is 9.59 Å². The third-order valence-corrected chi connectivity index (χ3v) is 5.55. The Hall–Kier alpha value is -2.93. The molecule has 2 amide bonds. The van der Waals surface area contributed by atoms with Gasteiger partial charge in [-0.15, -0.1) is 11.3 Å². The Labute approximate surface area is 181 Å². The van der Waals surface area contributed by atoms with Gasteiger partial charge >= 0.3 is 5.97 Å². The first-order chi connectivity index (χ1) is 13.9. The maximum atomic E-state index is 12.4. The van der Waals surface area contributed by atoms with E-state index in [1.807, 2.05) is 24.3 Å². The fourth-order valence-corrected chi connectivity index (χ4v) is 3.88. The van der Waals surface area contributed by atoms with E-state index in [1.165, 1.54) is 11.6 Å². The minimum Gasteiger partial charge on any atom is -0.459 e. The van der Waals surface area contributed by atoms with Crippen molar-refractivity contribution >= 4 is 40.2 Å². The summed E-state index contributed by atoms with van der Waals surface area (Å²) in [6.45, 7) is 11.5. The van der Waals surface area contributed by atoms with Gasteiger partial charge in [-0.25, -0.2) is 4.79 Å². The van der Waals surface area contributed by atoms with E-state index in [0.717, 1.165) is 16.9 Å². The molecule has 7 heteroatoms. The van der Waals surface area contributed by atoms with Crippen molar-refractivity contribution < 1.29 is 19.1 Å². The summed E-state index contributed by atoms with van der Waals surface area (Å²) in [7, 11) is 0. The normalized spacial score (nSPS) is 11.7. The Balaban J connectivity index is 2.20. The predicted octanol–water partition coefficient (Wildman–Crippen LogP) is 4.67. The maximum Gasteiger partial charge on any atom is 0.348 e. The molecule has 0 aliphatic heterocycles. The summed E-state index contributed by atoms with van der Waals surface area (Å²) in [5.41, 5.74) is 8.11. The Morgan fingerprint density at radius 2 is 1.73 bits per heavy atom. The second-order valence-corrected chi connectivity index (χ2v) is 9.29. The number of anilines is 1. The number of hydrogen-bond acceptors (Lipinski definition) is 5. The first-order valence-corrected chi connectivity index (χ1v) is 10.5. The van der Waals surface area contributed by atoms with Crippen LogP contribution in [0.2, 0.25) is 0 Å². The number of carbonyl (C=O) groups is 3. The lowest BCUT2D eigenvalue weighted by atomic mass is 9.87. The van der Waals surface area contributed by atoms with Crippen molar-refractivity contribution in [2.45, 2.75) is 53.1 Å². The van der Waals surface area contributed by atoms with Crippen LogP contribution >= 0.6 is 11.3 Å². The van der Waals surface area contributed by atoms with Crippen molar-refractivity contribution in [2.24, 2.45) is 5.73 Å². The summed E-state index contributed by atoms with van der Waals surface area (Å²) in [5.74, 6) is -1.70. The zero-order valence-corrected chi connectivity index (χ0v) is 19.0. The van der Waals surface area contributed by atoms with Gasteiger partial charge in [0, 0.05) is 6.08 Å². The van der Waals surface area contributed by atoms with Crippen molar-refractivity contribution in [1.82, 2.24) is 0 Å². The molecule has 0 aliphatic rings. The summed E-state index contributed by atoms with van der Waals surface area (Å²) in [6, 6.07) is 7.93. The lowest BCUT2D eigenvalue weighted by molar-refractivity contribution is -0.111. The molecule has 0 bridgehead atoms. The largest absolute Gasteiger partial charge is 0.459 e. The van der Waals surface area contributed by atoms with E-state index >= 15 is 0 Å². The van der Waals surface area contributed by atoms with Gasteiger partial charge in [-0.05, 0) is 49.0 Å². The Kier molecular flexibility index (Phi) is 7.21. The molecule has 2 aromatic rings. The molecule has 1 aromatic heterocycles. The molecule has 6 nitrogen and oxygen atoms in total. The molecular weight excluding hydrogens is 400 g/mol. The van der Waals surface area contributed by atoms with Gasteiger partial charge in [0.25, 0.3) is 5.91 Å². The number of rotatable bonds is 6. The Bertz CT molecular complexity index is 980. The quantitative estimate of drug-likeness (QED) is 0.516. The number of hydrogen-bond donors (Lipinski definition) is 2. The summed E-state index contributed by atoms with van der Waals surface area (Å²) in [6.07, 6.45) is 2.75. The lowest BCUT2D eigenvalue weighted by Gasteiger charge is -2.18. The Morgan fingerprint density at radius 1 is 1.13 bits per heavy atom. The van der Waals surface area contributed by atoms with Crippen LogP contribution in [0, 0.1) is 6.92 Å². The van der Waals surface area contributed by atoms with Gasteiger partial charge in [0.2, 0.25) is 5.91 Å². The molecule has 0 aliphatic carbocycles.